The van der Waals surface area contributed by atoms with Crippen molar-refractivity contribution < 1.29 is 4.79 Å². The van der Waals surface area contributed by atoms with Crippen LogP contribution in [-0.4, -0.2) is 22.5 Å². The van der Waals surface area contributed by atoms with Crippen molar-refractivity contribution in [2.24, 2.45) is 7.05 Å². The topological polar surface area (TPSA) is 54.3 Å². The normalized spacial score (nSPS) is 10.7. The molecule has 0 bridgehead atoms. The number of aromatic nitrogens is 1. The predicted molar refractivity (Wildman–Crippen MR) is 101 cm³/mol. The summed E-state index contributed by atoms with van der Waals surface area (Å²) >= 11 is 5.92. The van der Waals surface area contributed by atoms with Gasteiger partial charge >= 0.3 is 6.03 Å². The van der Waals surface area contributed by atoms with Crippen LogP contribution in [0, 0.1) is 0 Å². The summed E-state index contributed by atoms with van der Waals surface area (Å²) in [6.45, 7) is 0.212. The number of nitrogens with one attached hydrogen (secondary N) is 1. The van der Waals surface area contributed by atoms with Gasteiger partial charge in [-0.15, -0.1) is 0 Å². The Balaban J connectivity index is 1.82. The molecule has 0 unspecified atom stereocenters. The van der Waals surface area contributed by atoms with Crippen molar-refractivity contribution >= 4 is 34.2 Å². The molecule has 0 aliphatic heterocycles. The molecule has 0 aliphatic rings. The zero-order valence-electron chi connectivity index (χ0n) is 14.0. The van der Waals surface area contributed by atoms with Crippen molar-refractivity contribution in [1.82, 2.24) is 9.47 Å². The number of anilines is 1. The van der Waals surface area contributed by atoms with Crippen molar-refractivity contribution in [3.8, 4) is 0 Å². The van der Waals surface area contributed by atoms with E-state index in [2.05, 4.69) is 5.32 Å². The first-order valence-corrected chi connectivity index (χ1v) is 8.19. The molecule has 1 N–H and O–H groups in total. The lowest BCUT2D eigenvalue weighted by atomic mass is 10.1. The molecule has 128 valence electrons. The van der Waals surface area contributed by atoms with E-state index in [4.69, 9.17) is 11.6 Å². The first-order valence-electron chi connectivity index (χ1n) is 7.81. The van der Waals surface area contributed by atoms with Gasteiger partial charge in [-0.1, -0.05) is 35.9 Å². The quantitative estimate of drug-likeness (QED) is 0.775. The van der Waals surface area contributed by atoms with E-state index in [1.165, 1.54) is 4.90 Å². The summed E-state index contributed by atoms with van der Waals surface area (Å²) in [5, 5.41) is 4.27. The number of carbonyl (C=O) groups excluding carboxylic acids is 1. The number of hydrogen-bond acceptors (Lipinski definition) is 2. The fraction of sp³-hybridized carbons (Fsp3) is 0.158. The molecule has 0 spiro atoms. The number of hydrogen-bond donors (Lipinski definition) is 1. The molecule has 25 heavy (non-hydrogen) atoms. The highest BCUT2D eigenvalue weighted by Crippen LogP contribution is 2.16. The summed E-state index contributed by atoms with van der Waals surface area (Å²) in [4.78, 5) is 26.3. The maximum atomic E-state index is 12.5. The Bertz CT molecular complexity index is 997. The molecular formula is C19H18ClN3O2. The molecule has 3 aromatic rings. The minimum atomic E-state index is -0.308. The van der Waals surface area contributed by atoms with Gasteiger partial charge in [-0.3, -0.25) is 4.79 Å². The molecule has 1 heterocycles. The van der Waals surface area contributed by atoms with Gasteiger partial charge < -0.3 is 14.8 Å². The number of halogens is 1. The lowest BCUT2D eigenvalue weighted by molar-refractivity contribution is 0.220. The second-order valence-corrected chi connectivity index (χ2v) is 6.33. The first kappa shape index (κ1) is 17.0. The van der Waals surface area contributed by atoms with Crippen LogP contribution < -0.4 is 10.9 Å². The lowest BCUT2D eigenvalue weighted by Gasteiger charge is -2.19. The molecule has 0 saturated heterocycles. The van der Waals surface area contributed by atoms with Gasteiger partial charge in [-0.25, -0.2) is 4.79 Å². The Morgan fingerprint density at radius 2 is 1.92 bits per heavy atom. The minimum absolute atomic E-state index is 0.110. The van der Waals surface area contributed by atoms with Crippen molar-refractivity contribution in [3.05, 3.63) is 75.5 Å². The van der Waals surface area contributed by atoms with Gasteiger partial charge in [-0.2, -0.15) is 0 Å². The average Bonchev–Trinajstić information content (AvgIpc) is 2.59. The summed E-state index contributed by atoms with van der Waals surface area (Å²) in [5.74, 6) is 0. The lowest BCUT2D eigenvalue weighted by Crippen LogP contribution is -2.34. The summed E-state index contributed by atoms with van der Waals surface area (Å²) in [6, 6.07) is 16.1. The van der Waals surface area contributed by atoms with Crippen molar-refractivity contribution in [2.75, 3.05) is 12.4 Å². The van der Waals surface area contributed by atoms with Crippen LogP contribution in [0.1, 0.15) is 5.56 Å². The third-order valence-corrected chi connectivity index (χ3v) is 4.27. The Morgan fingerprint density at radius 3 is 2.68 bits per heavy atom. The summed E-state index contributed by atoms with van der Waals surface area (Å²) in [7, 11) is 3.38. The van der Waals surface area contributed by atoms with E-state index in [0.29, 0.717) is 16.3 Å². The molecule has 5 nitrogen and oxygen atoms in total. The van der Waals surface area contributed by atoms with Crippen molar-refractivity contribution in [3.63, 3.8) is 0 Å². The van der Waals surface area contributed by atoms with Crippen LogP contribution in [0.3, 0.4) is 0 Å². The van der Waals surface area contributed by atoms with Gasteiger partial charge in [0.25, 0.3) is 5.56 Å². The Hall–Kier alpha value is -2.79. The number of para-hydroxylation sites is 1. The van der Waals surface area contributed by atoms with Gasteiger partial charge in [0.05, 0.1) is 12.1 Å². The van der Waals surface area contributed by atoms with Gasteiger partial charge in [0.1, 0.15) is 0 Å². The summed E-state index contributed by atoms with van der Waals surface area (Å²) in [6.07, 6.45) is 0. The van der Waals surface area contributed by atoms with E-state index < -0.39 is 0 Å². The molecule has 0 aliphatic carbocycles. The molecule has 2 aromatic carbocycles. The first-order chi connectivity index (χ1) is 12.0. The molecule has 1 aromatic heterocycles. The standard InChI is InChI=1S/C19H18ClN3O2/c1-22(19(25)21-16-8-5-7-15(20)11-16)12-14-10-13-6-3-4-9-17(13)23(2)18(14)24/h3-11H,12H2,1-2H3,(H,21,25). The summed E-state index contributed by atoms with van der Waals surface area (Å²) in [5.41, 5.74) is 1.92. The highest BCUT2D eigenvalue weighted by molar-refractivity contribution is 6.30. The van der Waals surface area contributed by atoms with Crippen LogP contribution in [0.5, 0.6) is 0 Å². The molecule has 0 atom stereocenters. The van der Waals surface area contributed by atoms with E-state index in [1.807, 2.05) is 30.3 Å². The molecule has 0 saturated carbocycles. The Morgan fingerprint density at radius 1 is 1.16 bits per heavy atom. The molecule has 0 radical (unpaired) electrons. The monoisotopic (exact) mass is 355 g/mol. The Labute approximate surface area is 150 Å². The third kappa shape index (κ3) is 3.67. The zero-order valence-corrected chi connectivity index (χ0v) is 14.7. The number of carbonyl (C=O) groups is 1. The van der Waals surface area contributed by atoms with Crippen LogP contribution in [0.2, 0.25) is 5.02 Å². The van der Waals surface area contributed by atoms with Crippen LogP contribution in [0.4, 0.5) is 10.5 Å². The number of amides is 2. The second-order valence-electron chi connectivity index (χ2n) is 5.89. The minimum Gasteiger partial charge on any atom is -0.323 e. The number of fused-ring (bicyclic) bond motifs is 1. The van der Waals surface area contributed by atoms with E-state index in [9.17, 15) is 9.59 Å². The average molecular weight is 356 g/mol. The maximum absolute atomic E-state index is 12.5. The summed E-state index contributed by atoms with van der Waals surface area (Å²) < 4.78 is 1.60. The SMILES string of the molecule is CN(Cc1cc2ccccc2n(C)c1=O)C(=O)Nc1cccc(Cl)c1. The third-order valence-electron chi connectivity index (χ3n) is 4.04. The molecule has 2 amide bonds. The fourth-order valence-corrected chi connectivity index (χ4v) is 2.91. The number of rotatable bonds is 3. The van der Waals surface area contributed by atoms with Gasteiger partial charge in [0.15, 0.2) is 0 Å². The maximum Gasteiger partial charge on any atom is 0.321 e. The van der Waals surface area contributed by atoms with E-state index in [0.717, 1.165) is 10.9 Å². The van der Waals surface area contributed by atoms with Gasteiger partial charge in [-0.05, 0) is 35.7 Å². The number of nitrogens with zero attached hydrogens (tertiary/aromatic N) is 2. The number of urea groups is 1. The molecule has 6 heteroatoms. The van der Waals surface area contributed by atoms with Crippen LogP contribution in [0.15, 0.2) is 59.4 Å². The number of aryl methyl sites for hydroxylation is 1. The van der Waals surface area contributed by atoms with Crippen molar-refractivity contribution in [1.29, 1.82) is 0 Å². The van der Waals surface area contributed by atoms with Crippen LogP contribution in [0.25, 0.3) is 10.9 Å². The highest BCUT2D eigenvalue weighted by Gasteiger charge is 2.13. The van der Waals surface area contributed by atoms with E-state index in [-0.39, 0.29) is 18.1 Å². The van der Waals surface area contributed by atoms with Crippen LogP contribution in [-0.2, 0) is 13.6 Å². The largest absolute Gasteiger partial charge is 0.323 e. The van der Waals surface area contributed by atoms with Crippen LogP contribution >= 0.6 is 11.6 Å². The molecule has 0 fully saturated rings. The Kier molecular flexibility index (Phi) is 4.76. The number of pyridine rings is 1. The highest BCUT2D eigenvalue weighted by atomic mass is 35.5. The van der Waals surface area contributed by atoms with Gasteiger partial charge in [0.2, 0.25) is 0 Å². The van der Waals surface area contributed by atoms with Crippen molar-refractivity contribution in [2.45, 2.75) is 6.54 Å². The molecule has 3 rings (SSSR count). The second kappa shape index (κ2) is 6.99. The fourth-order valence-electron chi connectivity index (χ4n) is 2.72. The smallest absolute Gasteiger partial charge is 0.321 e. The van der Waals surface area contributed by atoms with E-state index in [1.54, 1.807) is 42.9 Å². The zero-order chi connectivity index (χ0) is 18.0. The molecular weight excluding hydrogens is 338 g/mol. The number of benzene rings is 2. The van der Waals surface area contributed by atoms with E-state index >= 15 is 0 Å². The van der Waals surface area contributed by atoms with Gasteiger partial charge in [0, 0.05) is 30.4 Å². The predicted octanol–water partition coefficient (Wildman–Crippen LogP) is 3.86.